The number of hydrogen-bond donors (Lipinski definition) is 0. The average molecular weight is 465 g/mol. The van der Waals surface area contributed by atoms with Gasteiger partial charge in [0.15, 0.2) is 16.7 Å². The van der Waals surface area contributed by atoms with E-state index >= 15 is 0 Å². The number of nitrogens with zero attached hydrogens (tertiary/aromatic N) is 4. The van der Waals surface area contributed by atoms with Crippen LogP contribution in [0.3, 0.4) is 0 Å². The van der Waals surface area contributed by atoms with Crippen LogP contribution in [0.2, 0.25) is 0 Å². The number of benzene rings is 2. The highest BCUT2D eigenvalue weighted by molar-refractivity contribution is 7.98. The Bertz CT molecular complexity index is 1390. The maximum Gasteiger partial charge on any atom is 0.262 e. The van der Waals surface area contributed by atoms with E-state index in [4.69, 9.17) is 23.7 Å². The number of hydrogen-bond acceptors (Lipinski definition) is 9. The second-order valence-electron chi connectivity index (χ2n) is 7.78. The lowest BCUT2D eigenvalue weighted by Gasteiger charge is -2.12. The van der Waals surface area contributed by atoms with Gasteiger partial charge in [0.05, 0.1) is 23.3 Å². The smallest absolute Gasteiger partial charge is 0.262 e. The van der Waals surface area contributed by atoms with Gasteiger partial charge in [-0.05, 0) is 50.1 Å². The summed E-state index contributed by atoms with van der Waals surface area (Å²) < 4.78 is 23.6. The molecule has 1 aliphatic carbocycles. The number of aromatic nitrogens is 4. The maximum atomic E-state index is 13.3. The first kappa shape index (κ1) is 20.1. The number of fused-ring (bicyclic) bond motifs is 2. The van der Waals surface area contributed by atoms with E-state index in [2.05, 4.69) is 10.1 Å². The number of ether oxygens (including phenoxy) is 3. The minimum Gasteiger partial charge on any atom is -0.494 e. The van der Waals surface area contributed by atoms with Crippen molar-refractivity contribution >= 4 is 22.7 Å². The van der Waals surface area contributed by atoms with E-state index in [9.17, 15) is 4.79 Å². The molecule has 10 heteroatoms. The van der Waals surface area contributed by atoms with Crippen LogP contribution in [-0.2, 0) is 5.75 Å². The monoisotopic (exact) mass is 464 g/mol. The summed E-state index contributed by atoms with van der Waals surface area (Å²) in [5.41, 5.74) is 1.36. The van der Waals surface area contributed by atoms with Crippen LogP contribution in [-0.4, -0.2) is 33.1 Å². The highest BCUT2D eigenvalue weighted by Gasteiger charge is 2.29. The summed E-state index contributed by atoms with van der Waals surface area (Å²) >= 11 is 1.41. The molecule has 0 saturated heterocycles. The third-order valence-corrected chi connectivity index (χ3v) is 6.43. The van der Waals surface area contributed by atoms with Crippen LogP contribution in [0, 0.1) is 0 Å². The Morgan fingerprint density at radius 1 is 1.12 bits per heavy atom. The quantitative estimate of drug-likeness (QED) is 0.294. The van der Waals surface area contributed by atoms with E-state index < -0.39 is 0 Å². The maximum absolute atomic E-state index is 13.3. The third-order valence-electron chi connectivity index (χ3n) is 5.49. The molecule has 6 rings (SSSR count). The summed E-state index contributed by atoms with van der Waals surface area (Å²) in [5, 5.41) is 5.26. The van der Waals surface area contributed by atoms with Crippen molar-refractivity contribution in [2.75, 3.05) is 13.4 Å². The molecular formula is C23H20N4O5S. The third kappa shape index (κ3) is 3.80. The van der Waals surface area contributed by atoms with Crippen LogP contribution >= 0.6 is 11.8 Å². The van der Waals surface area contributed by atoms with Crippen molar-refractivity contribution < 1.29 is 18.7 Å². The fourth-order valence-electron chi connectivity index (χ4n) is 3.75. The average Bonchev–Trinajstić information content (AvgIpc) is 3.36. The summed E-state index contributed by atoms with van der Waals surface area (Å²) in [7, 11) is 0. The van der Waals surface area contributed by atoms with Crippen LogP contribution in [0.4, 0.5) is 0 Å². The van der Waals surface area contributed by atoms with E-state index in [0.29, 0.717) is 51.6 Å². The molecule has 33 heavy (non-hydrogen) atoms. The molecule has 0 spiro atoms. The van der Waals surface area contributed by atoms with Gasteiger partial charge in [0.1, 0.15) is 5.75 Å². The van der Waals surface area contributed by atoms with Crippen molar-refractivity contribution in [2.45, 2.75) is 36.7 Å². The predicted molar refractivity (Wildman–Crippen MR) is 121 cm³/mol. The lowest BCUT2D eigenvalue weighted by molar-refractivity contribution is 0.174. The van der Waals surface area contributed by atoms with Gasteiger partial charge in [0, 0.05) is 17.7 Å². The minimum atomic E-state index is -0.0658. The zero-order chi connectivity index (χ0) is 22.4. The Morgan fingerprint density at radius 2 is 1.91 bits per heavy atom. The van der Waals surface area contributed by atoms with Gasteiger partial charge < -0.3 is 18.7 Å². The molecule has 0 amide bonds. The molecule has 2 aromatic carbocycles. The Morgan fingerprint density at radius 3 is 2.67 bits per heavy atom. The standard InChI is InChI=1S/C23H20N4O5S/c1-2-29-15-7-3-13(4-8-15)21-25-20(32-26-21)11-33-23-24-17-10-19-18(30-12-31-19)9-16(17)22(28)27(23)14-5-6-14/h3-4,7-10,14H,2,5-6,11-12H2,1H3. The fourth-order valence-corrected chi connectivity index (χ4v) is 4.65. The second kappa shape index (κ2) is 8.11. The van der Waals surface area contributed by atoms with E-state index in [0.717, 1.165) is 24.2 Å². The first-order chi connectivity index (χ1) is 16.2. The van der Waals surface area contributed by atoms with Crippen molar-refractivity contribution in [1.29, 1.82) is 0 Å². The fraction of sp³-hybridized carbons (Fsp3) is 0.304. The largest absolute Gasteiger partial charge is 0.494 e. The van der Waals surface area contributed by atoms with E-state index in [1.165, 1.54) is 11.8 Å². The van der Waals surface area contributed by atoms with E-state index in [1.54, 1.807) is 16.7 Å². The summed E-state index contributed by atoms with van der Waals surface area (Å²) in [6.45, 7) is 2.71. The van der Waals surface area contributed by atoms with Gasteiger partial charge in [0.25, 0.3) is 5.56 Å². The highest BCUT2D eigenvalue weighted by Crippen LogP contribution is 2.39. The number of rotatable bonds is 7. The molecule has 0 radical (unpaired) electrons. The molecule has 2 aromatic heterocycles. The van der Waals surface area contributed by atoms with Gasteiger partial charge in [-0.1, -0.05) is 16.9 Å². The van der Waals surface area contributed by atoms with Crippen LogP contribution in [0.15, 0.2) is 50.9 Å². The zero-order valence-corrected chi connectivity index (χ0v) is 18.6. The SMILES string of the molecule is CCOc1ccc(-c2noc(CSc3nc4cc5c(cc4c(=O)n3C3CC3)OCO5)n2)cc1. The molecule has 3 heterocycles. The van der Waals surface area contributed by atoms with Gasteiger partial charge >= 0.3 is 0 Å². The van der Waals surface area contributed by atoms with Crippen molar-refractivity contribution in [2.24, 2.45) is 0 Å². The van der Waals surface area contributed by atoms with Gasteiger partial charge in [-0.3, -0.25) is 9.36 Å². The minimum absolute atomic E-state index is 0.0658. The summed E-state index contributed by atoms with van der Waals surface area (Å²) in [4.78, 5) is 22.5. The second-order valence-corrected chi connectivity index (χ2v) is 8.72. The molecule has 0 N–H and O–H groups in total. The molecule has 4 aromatic rings. The summed E-state index contributed by atoms with van der Waals surface area (Å²) in [6.07, 6.45) is 1.93. The van der Waals surface area contributed by atoms with Crippen LogP contribution in [0.25, 0.3) is 22.3 Å². The molecule has 1 aliphatic heterocycles. The van der Waals surface area contributed by atoms with Crippen LogP contribution < -0.4 is 19.8 Å². The van der Waals surface area contributed by atoms with Gasteiger partial charge in [-0.2, -0.15) is 4.98 Å². The molecule has 0 unspecified atom stereocenters. The van der Waals surface area contributed by atoms with Gasteiger partial charge in [-0.15, -0.1) is 0 Å². The Hall–Kier alpha value is -3.53. The molecule has 2 aliphatic rings. The molecule has 168 valence electrons. The van der Waals surface area contributed by atoms with Gasteiger partial charge in [0.2, 0.25) is 18.5 Å². The topological polar surface area (TPSA) is 102 Å². The van der Waals surface area contributed by atoms with Crippen molar-refractivity contribution in [3.63, 3.8) is 0 Å². The van der Waals surface area contributed by atoms with Crippen LogP contribution in [0.1, 0.15) is 31.7 Å². The van der Waals surface area contributed by atoms with E-state index in [1.807, 2.05) is 31.2 Å². The molecule has 0 atom stereocenters. The van der Waals surface area contributed by atoms with Crippen molar-refractivity contribution in [3.8, 4) is 28.6 Å². The first-order valence-corrected chi connectivity index (χ1v) is 11.7. The molecular weight excluding hydrogens is 444 g/mol. The molecule has 9 nitrogen and oxygen atoms in total. The zero-order valence-electron chi connectivity index (χ0n) is 17.8. The molecule has 1 saturated carbocycles. The Labute approximate surface area is 192 Å². The predicted octanol–water partition coefficient (Wildman–Crippen LogP) is 4.20. The summed E-state index contributed by atoms with van der Waals surface area (Å²) in [5.74, 6) is 3.35. The van der Waals surface area contributed by atoms with E-state index in [-0.39, 0.29) is 18.4 Å². The van der Waals surface area contributed by atoms with Crippen molar-refractivity contribution in [3.05, 3.63) is 52.6 Å². The number of thioether (sulfide) groups is 1. The normalized spacial score (nSPS) is 14.7. The first-order valence-electron chi connectivity index (χ1n) is 10.7. The highest BCUT2D eigenvalue weighted by atomic mass is 32.2. The lowest BCUT2D eigenvalue weighted by atomic mass is 10.2. The van der Waals surface area contributed by atoms with Crippen molar-refractivity contribution in [1.82, 2.24) is 19.7 Å². The Kier molecular flexibility index (Phi) is 4.94. The molecule has 1 fully saturated rings. The van der Waals surface area contributed by atoms with Crippen LogP contribution in [0.5, 0.6) is 17.2 Å². The van der Waals surface area contributed by atoms with Gasteiger partial charge in [-0.25, -0.2) is 4.98 Å². The Balaban J connectivity index is 1.27. The molecule has 0 bridgehead atoms. The lowest BCUT2D eigenvalue weighted by Crippen LogP contribution is -2.22. The summed E-state index contributed by atoms with van der Waals surface area (Å²) in [6, 6.07) is 11.2.